The highest BCUT2D eigenvalue weighted by molar-refractivity contribution is 6.04. The van der Waals surface area contributed by atoms with E-state index in [-0.39, 0.29) is 35.7 Å². The molecule has 0 saturated heterocycles. The molecule has 0 aliphatic heterocycles. The Bertz CT molecular complexity index is 1410. The van der Waals surface area contributed by atoms with E-state index in [2.05, 4.69) is 10.3 Å². The lowest BCUT2D eigenvalue weighted by molar-refractivity contribution is 0.0691. The van der Waals surface area contributed by atoms with Crippen molar-refractivity contribution in [2.75, 3.05) is 12.3 Å². The lowest BCUT2D eigenvalue weighted by atomic mass is 10.0. The van der Waals surface area contributed by atoms with Gasteiger partial charge in [-0.05, 0) is 48.7 Å². The van der Waals surface area contributed by atoms with Crippen molar-refractivity contribution in [3.8, 4) is 11.3 Å². The normalized spacial score (nSPS) is 10.7. The molecule has 0 saturated carbocycles. The number of nitrogens with zero attached hydrogens (tertiary/aromatic N) is 2. The topological polar surface area (TPSA) is 140 Å². The molecule has 0 fully saturated rings. The van der Waals surface area contributed by atoms with E-state index >= 15 is 0 Å². The maximum absolute atomic E-state index is 12.6. The van der Waals surface area contributed by atoms with Crippen LogP contribution >= 0.6 is 0 Å². The molecule has 0 radical (unpaired) electrons. The first kappa shape index (κ1) is 23.5. The smallest absolute Gasteiger partial charge is 0.336 e. The molecule has 0 spiro atoms. The van der Waals surface area contributed by atoms with E-state index in [0.29, 0.717) is 18.5 Å². The SMILES string of the molecule is Nc1nc(CCc2cccc(-c3ccco3)c2)cc(=O)n1CCNC(=O)c1ccccc1C(=O)O. The van der Waals surface area contributed by atoms with Gasteiger partial charge >= 0.3 is 5.97 Å². The number of nitrogens with two attached hydrogens (primary N) is 1. The molecule has 2 heterocycles. The van der Waals surface area contributed by atoms with Crippen molar-refractivity contribution < 1.29 is 19.1 Å². The fraction of sp³-hybridized carbons (Fsp3) is 0.154. The third-order valence-corrected chi connectivity index (χ3v) is 5.52. The van der Waals surface area contributed by atoms with Gasteiger partial charge in [0.25, 0.3) is 11.5 Å². The van der Waals surface area contributed by atoms with E-state index in [9.17, 15) is 19.5 Å². The fourth-order valence-corrected chi connectivity index (χ4v) is 3.77. The highest BCUT2D eigenvalue weighted by Crippen LogP contribution is 2.21. The van der Waals surface area contributed by atoms with Crippen LogP contribution in [0.2, 0.25) is 0 Å². The number of hydrogen-bond acceptors (Lipinski definition) is 6. The van der Waals surface area contributed by atoms with Gasteiger partial charge in [0, 0.05) is 24.7 Å². The monoisotopic (exact) mass is 472 g/mol. The number of carboxylic acid groups (broad SMARTS) is 1. The molecule has 35 heavy (non-hydrogen) atoms. The second kappa shape index (κ2) is 10.5. The van der Waals surface area contributed by atoms with E-state index in [1.54, 1.807) is 18.4 Å². The van der Waals surface area contributed by atoms with Crippen molar-refractivity contribution in [1.29, 1.82) is 0 Å². The molecule has 2 aromatic carbocycles. The molecule has 4 aromatic rings. The molecule has 0 bridgehead atoms. The van der Waals surface area contributed by atoms with Crippen molar-refractivity contribution in [3.05, 3.63) is 106 Å². The molecule has 178 valence electrons. The Balaban J connectivity index is 1.37. The minimum atomic E-state index is -1.19. The van der Waals surface area contributed by atoms with Crippen molar-refractivity contribution in [2.45, 2.75) is 19.4 Å². The molecule has 9 nitrogen and oxygen atoms in total. The number of carboxylic acids is 1. The number of benzene rings is 2. The van der Waals surface area contributed by atoms with Gasteiger partial charge in [-0.3, -0.25) is 14.2 Å². The summed E-state index contributed by atoms with van der Waals surface area (Å²) in [5.41, 5.74) is 8.28. The van der Waals surface area contributed by atoms with Crippen LogP contribution in [0.25, 0.3) is 11.3 Å². The summed E-state index contributed by atoms with van der Waals surface area (Å²) in [6.07, 6.45) is 2.83. The van der Waals surface area contributed by atoms with Gasteiger partial charge in [-0.2, -0.15) is 0 Å². The number of amides is 1. The third-order valence-electron chi connectivity index (χ3n) is 5.52. The highest BCUT2D eigenvalue weighted by atomic mass is 16.4. The van der Waals surface area contributed by atoms with Crippen molar-refractivity contribution in [3.63, 3.8) is 0 Å². The molecule has 0 aliphatic carbocycles. The van der Waals surface area contributed by atoms with Gasteiger partial charge in [0.2, 0.25) is 5.95 Å². The molecule has 4 rings (SSSR count). The Morgan fingerprint density at radius 3 is 2.51 bits per heavy atom. The van der Waals surface area contributed by atoms with Crippen LogP contribution < -0.4 is 16.6 Å². The average molecular weight is 473 g/mol. The zero-order valence-electron chi connectivity index (χ0n) is 18.8. The molecular formula is C26H24N4O5. The number of furan rings is 1. The lowest BCUT2D eigenvalue weighted by Gasteiger charge is -2.12. The minimum Gasteiger partial charge on any atom is -0.478 e. The second-order valence-electron chi connectivity index (χ2n) is 7.88. The summed E-state index contributed by atoms with van der Waals surface area (Å²) in [5.74, 6) is -0.896. The fourth-order valence-electron chi connectivity index (χ4n) is 3.77. The van der Waals surface area contributed by atoms with Gasteiger partial charge in [-0.25, -0.2) is 9.78 Å². The molecule has 0 aliphatic rings. The summed E-state index contributed by atoms with van der Waals surface area (Å²) in [7, 11) is 0. The standard InChI is InChI=1S/C26H24N4O5/c27-26-29-19(11-10-17-5-3-6-18(15-17)22-9-4-14-35-22)16-23(31)30(26)13-12-28-24(32)20-7-1-2-8-21(20)25(33)34/h1-9,14-16H,10-13H2,(H2,27,29)(H,28,32)(H,33,34). The molecule has 0 unspecified atom stereocenters. The summed E-state index contributed by atoms with van der Waals surface area (Å²) in [6, 6.07) is 19.1. The van der Waals surface area contributed by atoms with Gasteiger partial charge < -0.3 is 20.6 Å². The predicted octanol–water partition coefficient (Wildman–Crippen LogP) is 3.00. The Hall–Kier alpha value is -4.66. The molecule has 2 aromatic heterocycles. The maximum Gasteiger partial charge on any atom is 0.336 e. The van der Waals surface area contributed by atoms with Crippen LogP contribution in [0.5, 0.6) is 0 Å². The van der Waals surface area contributed by atoms with E-state index in [0.717, 1.165) is 16.9 Å². The second-order valence-corrected chi connectivity index (χ2v) is 7.88. The Morgan fingerprint density at radius 1 is 1.00 bits per heavy atom. The van der Waals surface area contributed by atoms with Crippen molar-refractivity contribution in [1.82, 2.24) is 14.9 Å². The number of nitrogen functional groups attached to an aromatic ring is 1. The summed E-state index contributed by atoms with van der Waals surface area (Å²) >= 11 is 0. The van der Waals surface area contributed by atoms with Crippen LogP contribution in [0, 0.1) is 0 Å². The first-order valence-corrected chi connectivity index (χ1v) is 11.0. The molecule has 0 atom stereocenters. The lowest BCUT2D eigenvalue weighted by Crippen LogP contribution is -2.33. The van der Waals surface area contributed by atoms with Gasteiger partial charge in [-0.15, -0.1) is 0 Å². The van der Waals surface area contributed by atoms with E-state index in [1.807, 2.05) is 36.4 Å². The third kappa shape index (κ3) is 5.64. The number of anilines is 1. The van der Waals surface area contributed by atoms with E-state index in [4.69, 9.17) is 10.2 Å². The Labute approximate surface area is 200 Å². The number of aromatic nitrogens is 2. The van der Waals surface area contributed by atoms with E-state index < -0.39 is 11.9 Å². The number of nitrogens with one attached hydrogen (secondary N) is 1. The maximum atomic E-state index is 12.6. The first-order valence-electron chi connectivity index (χ1n) is 11.0. The molecule has 4 N–H and O–H groups in total. The van der Waals surface area contributed by atoms with Gasteiger partial charge in [0.15, 0.2) is 0 Å². The number of rotatable bonds is 9. The Morgan fingerprint density at radius 2 is 1.80 bits per heavy atom. The van der Waals surface area contributed by atoms with Gasteiger partial charge in [0.05, 0.1) is 23.1 Å². The molecular weight excluding hydrogens is 448 g/mol. The minimum absolute atomic E-state index is 0.0462. The molecule has 9 heteroatoms. The van der Waals surface area contributed by atoms with Crippen molar-refractivity contribution in [2.24, 2.45) is 0 Å². The largest absolute Gasteiger partial charge is 0.478 e. The van der Waals surface area contributed by atoms with Crippen LogP contribution in [0.4, 0.5) is 5.95 Å². The predicted molar refractivity (Wildman–Crippen MR) is 130 cm³/mol. The van der Waals surface area contributed by atoms with Gasteiger partial charge in [0.1, 0.15) is 5.76 Å². The van der Waals surface area contributed by atoms with Crippen LogP contribution in [-0.2, 0) is 19.4 Å². The Kier molecular flexibility index (Phi) is 7.06. The summed E-state index contributed by atoms with van der Waals surface area (Å²) in [4.78, 5) is 40.6. The summed E-state index contributed by atoms with van der Waals surface area (Å²) in [5, 5.41) is 11.9. The zero-order valence-corrected chi connectivity index (χ0v) is 18.8. The van der Waals surface area contributed by atoms with Crippen LogP contribution in [0.1, 0.15) is 32.0 Å². The zero-order chi connectivity index (χ0) is 24.8. The number of carbonyl (C=O) groups excluding carboxylic acids is 1. The highest BCUT2D eigenvalue weighted by Gasteiger charge is 2.15. The summed E-state index contributed by atoms with van der Waals surface area (Å²) < 4.78 is 6.71. The van der Waals surface area contributed by atoms with Crippen LogP contribution in [-0.4, -0.2) is 33.1 Å². The number of aromatic carboxylic acids is 1. The van der Waals surface area contributed by atoms with E-state index in [1.165, 1.54) is 22.8 Å². The first-order chi connectivity index (χ1) is 16.9. The van der Waals surface area contributed by atoms with Gasteiger partial charge in [-0.1, -0.05) is 30.3 Å². The number of hydrogen-bond donors (Lipinski definition) is 3. The average Bonchev–Trinajstić information content (AvgIpc) is 3.39. The van der Waals surface area contributed by atoms with Crippen LogP contribution in [0.3, 0.4) is 0 Å². The summed E-state index contributed by atoms with van der Waals surface area (Å²) in [6.45, 7) is 0.182. The number of carbonyl (C=O) groups is 2. The van der Waals surface area contributed by atoms with Crippen LogP contribution in [0.15, 0.2) is 82.2 Å². The quantitative estimate of drug-likeness (QED) is 0.340. The number of aryl methyl sites for hydroxylation is 2. The molecule has 1 amide bonds. The van der Waals surface area contributed by atoms with Crippen molar-refractivity contribution >= 4 is 17.8 Å².